The molecule has 0 heterocycles. The molecular formula is C18H16NO3-. The van der Waals surface area contributed by atoms with Gasteiger partial charge in [-0.3, -0.25) is 4.79 Å². The van der Waals surface area contributed by atoms with Crippen LogP contribution in [0.25, 0.3) is 6.08 Å². The molecule has 0 N–H and O–H groups in total. The van der Waals surface area contributed by atoms with Crippen molar-refractivity contribution in [2.45, 2.75) is 6.92 Å². The summed E-state index contributed by atoms with van der Waals surface area (Å²) in [4.78, 5) is 24.1. The molecule has 2 rings (SSSR count). The largest absolute Gasteiger partial charge is 0.530 e. The fraction of sp³-hybridized carbons (Fsp3) is 0.111. The minimum atomic E-state index is -1.26. The number of anilines is 1. The van der Waals surface area contributed by atoms with Crippen LogP contribution in [-0.2, 0) is 0 Å². The number of amides is 1. The molecule has 0 saturated heterocycles. The normalized spacial score (nSPS) is 10.6. The summed E-state index contributed by atoms with van der Waals surface area (Å²) in [6.07, 6.45) is 1.99. The van der Waals surface area contributed by atoms with Crippen LogP contribution in [0.5, 0.6) is 0 Å². The van der Waals surface area contributed by atoms with E-state index in [1.165, 1.54) is 6.08 Å². The summed E-state index contributed by atoms with van der Waals surface area (Å²) >= 11 is 0. The van der Waals surface area contributed by atoms with E-state index < -0.39 is 6.09 Å². The lowest BCUT2D eigenvalue weighted by Crippen LogP contribution is -2.41. The van der Waals surface area contributed by atoms with E-state index in [2.05, 4.69) is 0 Å². The number of carbonyl (C=O) groups is 2. The van der Waals surface area contributed by atoms with Gasteiger partial charge in [0.1, 0.15) is 6.09 Å². The summed E-state index contributed by atoms with van der Waals surface area (Å²) in [6.45, 7) is 2.01. The molecule has 0 saturated carbocycles. The first-order valence-electron chi connectivity index (χ1n) is 6.98. The molecule has 0 radical (unpaired) electrons. The second-order valence-corrected chi connectivity index (χ2v) is 4.67. The molecule has 0 unspecified atom stereocenters. The highest BCUT2D eigenvalue weighted by molar-refractivity contribution is 6.07. The predicted octanol–water partition coefficient (Wildman–Crippen LogP) is 2.75. The maximum Gasteiger partial charge on any atom is 0.185 e. The van der Waals surface area contributed by atoms with Gasteiger partial charge in [-0.05, 0) is 42.8 Å². The molecule has 0 spiro atoms. The molecule has 4 heteroatoms. The summed E-state index contributed by atoms with van der Waals surface area (Å²) in [5, 5.41) is 10.9. The summed E-state index contributed by atoms with van der Waals surface area (Å²) in [5.74, 6) is -0.132. The Morgan fingerprint density at radius 1 is 1.05 bits per heavy atom. The number of hydrogen-bond acceptors (Lipinski definition) is 3. The van der Waals surface area contributed by atoms with Crippen molar-refractivity contribution in [2.75, 3.05) is 11.4 Å². The highest BCUT2D eigenvalue weighted by atomic mass is 16.4. The van der Waals surface area contributed by atoms with Gasteiger partial charge in [0.25, 0.3) is 0 Å². The van der Waals surface area contributed by atoms with Gasteiger partial charge in [0.2, 0.25) is 0 Å². The van der Waals surface area contributed by atoms with E-state index >= 15 is 0 Å². The van der Waals surface area contributed by atoms with Crippen molar-refractivity contribution >= 4 is 23.6 Å². The Bertz CT molecular complexity index is 675. The third-order valence-electron chi connectivity index (χ3n) is 3.23. The number of rotatable bonds is 5. The highest BCUT2D eigenvalue weighted by Gasteiger charge is 2.07. The lowest BCUT2D eigenvalue weighted by atomic mass is 10.1. The van der Waals surface area contributed by atoms with Crippen molar-refractivity contribution in [3.63, 3.8) is 0 Å². The van der Waals surface area contributed by atoms with Crippen molar-refractivity contribution in [1.82, 2.24) is 0 Å². The fourth-order valence-electron chi connectivity index (χ4n) is 2.06. The third kappa shape index (κ3) is 3.82. The number of allylic oxidation sites excluding steroid dienone is 1. The van der Waals surface area contributed by atoms with Crippen molar-refractivity contribution in [3.8, 4) is 0 Å². The molecule has 0 aliphatic carbocycles. The Morgan fingerprint density at radius 2 is 1.68 bits per heavy atom. The minimum absolute atomic E-state index is 0.132. The monoisotopic (exact) mass is 294 g/mol. The molecule has 4 nitrogen and oxygen atoms in total. The summed E-state index contributed by atoms with van der Waals surface area (Å²) in [5.41, 5.74) is 1.94. The molecule has 112 valence electrons. The van der Waals surface area contributed by atoms with Gasteiger partial charge in [-0.1, -0.05) is 36.4 Å². The zero-order valence-corrected chi connectivity index (χ0v) is 12.2. The van der Waals surface area contributed by atoms with Crippen LogP contribution in [0.1, 0.15) is 22.8 Å². The quantitative estimate of drug-likeness (QED) is 0.629. The highest BCUT2D eigenvalue weighted by Crippen LogP contribution is 2.15. The van der Waals surface area contributed by atoms with Crippen LogP contribution in [0.15, 0.2) is 60.7 Å². The van der Waals surface area contributed by atoms with Gasteiger partial charge in [-0.25, -0.2) is 0 Å². The van der Waals surface area contributed by atoms with E-state index in [9.17, 15) is 14.7 Å². The van der Waals surface area contributed by atoms with Crippen molar-refractivity contribution in [1.29, 1.82) is 0 Å². The zero-order valence-electron chi connectivity index (χ0n) is 12.2. The first-order chi connectivity index (χ1) is 10.6. The molecule has 0 atom stereocenters. The first-order valence-corrected chi connectivity index (χ1v) is 6.98. The van der Waals surface area contributed by atoms with Gasteiger partial charge in [0.15, 0.2) is 5.78 Å². The Morgan fingerprint density at radius 3 is 2.23 bits per heavy atom. The maximum absolute atomic E-state index is 12.1. The van der Waals surface area contributed by atoms with Crippen molar-refractivity contribution < 1.29 is 14.7 Å². The zero-order chi connectivity index (χ0) is 15.9. The second-order valence-electron chi connectivity index (χ2n) is 4.67. The number of nitrogens with zero attached hydrogens (tertiary/aromatic N) is 1. The molecule has 0 aliphatic rings. The van der Waals surface area contributed by atoms with Gasteiger partial charge < -0.3 is 14.8 Å². The molecule has 2 aromatic rings. The molecule has 2 aromatic carbocycles. The van der Waals surface area contributed by atoms with Crippen LogP contribution in [0.4, 0.5) is 10.5 Å². The summed E-state index contributed by atoms with van der Waals surface area (Å²) in [7, 11) is 0. The SMILES string of the molecule is CCN(C(=O)[O-])c1ccc(C(=O)C=Cc2ccccc2)cc1. The van der Waals surface area contributed by atoms with Gasteiger partial charge in [0, 0.05) is 17.8 Å². The smallest absolute Gasteiger partial charge is 0.185 e. The van der Waals surface area contributed by atoms with Gasteiger partial charge in [0.05, 0.1) is 0 Å². The fourth-order valence-corrected chi connectivity index (χ4v) is 2.06. The van der Waals surface area contributed by atoms with E-state index in [1.54, 1.807) is 37.3 Å². The Balaban J connectivity index is 2.11. The summed E-state index contributed by atoms with van der Waals surface area (Å²) in [6, 6.07) is 16.0. The topological polar surface area (TPSA) is 60.4 Å². The van der Waals surface area contributed by atoms with Crippen LogP contribution >= 0.6 is 0 Å². The lowest BCUT2D eigenvalue weighted by molar-refractivity contribution is -0.246. The van der Waals surface area contributed by atoms with Gasteiger partial charge in [-0.15, -0.1) is 0 Å². The standard InChI is InChI=1S/C18H17NO3/c1-2-19(18(21)22)16-11-9-15(10-12-16)17(20)13-8-14-6-4-3-5-7-14/h3-13H,2H2,1H3,(H,21,22)/p-1. The first kappa shape index (κ1) is 15.5. The van der Waals surface area contributed by atoms with Crippen LogP contribution in [0.3, 0.4) is 0 Å². The number of benzene rings is 2. The molecule has 1 amide bonds. The average Bonchev–Trinajstić information content (AvgIpc) is 2.54. The molecule has 0 aromatic heterocycles. The number of ketones is 1. The summed E-state index contributed by atoms with van der Waals surface area (Å²) < 4.78 is 0. The molecular weight excluding hydrogens is 278 g/mol. The Hall–Kier alpha value is -2.88. The van der Waals surface area contributed by atoms with E-state index in [4.69, 9.17) is 0 Å². The lowest BCUT2D eigenvalue weighted by Gasteiger charge is -2.23. The van der Waals surface area contributed by atoms with Crippen LogP contribution in [0, 0.1) is 0 Å². The number of carboxylic acid groups (broad SMARTS) is 1. The molecule has 0 fully saturated rings. The Labute approximate surface area is 129 Å². The predicted molar refractivity (Wildman–Crippen MR) is 84.7 cm³/mol. The van der Waals surface area contributed by atoms with E-state index in [1.807, 2.05) is 30.3 Å². The average molecular weight is 294 g/mol. The van der Waals surface area contributed by atoms with Gasteiger partial charge in [-0.2, -0.15) is 0 Å². The van der Waals surface area contributed by atoms with E-state index in [-0.39, 0.29) is 5.78 Å². The maximum atomic E-state index is 12.1. The molecule has 0 bridgehead atoms. The van der Waals surface area contributed by atoms with Crippen molar-refractivity contribution in [2.24, 2.45) is 0 Å². The van der Waals surface area contributed by atoms with E-state index in [0.29, 0.717) is 17.8 Å². The number of hydrogen-bond donors (Lipinski definition) is 0. The molecule has 22 heavy (non-hydrogen) atoms. The van der Waals surface area contributed by atoms with Gasteiger partial charge >= 0.3 is 0 Å². The van der Waals surface area contributed by atoms with E-state index in [0.717, 1.165) is 10.5 Å². The second kappa shape index (κ2) is 7.22. The molecule has 0 aliphatic heterocycles. The Kier molecular flexibility index (Phi) is 5.09. The number of carbonyl (C=O) groups excluding carboxylic acids is 2. The minimum Gasteiger partial charge on any atom is -0.530 e. The third-order valence-corrected chi connectivity index (χ3v) is 3.23. The van der Waals surface area contributed by atoms with Crippen molar-refractivity contribution in [3.05, 3.63) is 71.8 Å². The van der Waals surface area contributed by atoms with Crippen LogP contribution in [-0.4, -0.2) is 18.4 Å². The van der Waals surface area contributed by atoms with Crippen LogP contribution in [0.2, 0.25) is 0 Å². The van der Waals surface area contributed by atoms with Crippen LogP contribution < -0.4 is 10.0 Å².